The molecule has 0 fully saturated rings. The Hall–Kier alpha value is -0.760. The average molecular weight is 126 g/mol. The molecule has 2 N–H and O–H groups in total. The van der Waals surface area contributed by atoms with Gasteiger partial charge in [-0.25, -0.2) is 0 Å². The maximum atomic E-state index is 8.87. The zero-order valence-corrected chi connectivity index (χ0v) is 5.12. The highest BCUT2D eigenvalue weighted by Gasteiger charge is 2.05. The Bertz CT molecular complexity index is 147. The van der Waals surface area contributed by atoms with Crippen LogP contribution in [0, 0.1) is 5.92 Å². The van der Waals surface area contributed by atoms with Crippen molar-refractivity contribution in [1.82, 2.24) is 0 Å². The van der Waals surface area contributed by atoms with Crippen LogP contribution in [0.2, 0.25) is 0 Å². The molecule has 0 aliphatic heterocycles. The molecular weight excluding hydrogens is 116 g/mol. The molecule has 1 unspecified atom stereocenters. The van der Waals surface area contributed by atoms with Gasteiger partial charge in [0.1, 0.15) is 5.76 Å². The molecule has 1 aliphatic carbocycles. The summed E-state index contributed by atoms with van der Waals surface area (Å²) in [5.41, 5.74) is 0. The molecule has 0 aromatic heterocycles. The van der Waals surface area contributed by atoms with Gasteiger partial charge in [-0.3, -0.25) is 0 Å². The second-order valence-electron chi connectivity index (χ2n) is 2.17. The van der Waals surface area contributed by atoms with E-state index in [2.05, 4.69) is 0 Å². The topological polar surface area (TPSA) is 40.5 Å². The summed E-state index contributed by atoms with van der Waals surface area (Å²) in [4.78, 5) is 0. The third-order valence-corrected chi connectivity index (χ3v) is 1.37. The number of aliphatic hydroxyl groups excluding tert-OH is 2. The Kier molecular flexibility index (Phi) is 1.90. The molecule has 1 rings (SSSR count). The number of hydrogen-bond donors (Lipinski definition) is 2. The summed E-state index contributed by atoms with van der Waals surface area (Å²) in [5, 5.41) is 17.5. The van der Waals surface area contributed by atoms with Crippen molar-refractivity contribution in [2.45, 2.75) is 6.42 Å². The van der Waals surface area contributed by atoms with Crippen LogP contribution in [0.4, 0.5) is 0 Å². The number of hydrogen-bond acceptors (Lipinski definition) is 2. The van der Waals surface area contributed by atoms with E-state index in [0.717, 1.165) is 6.42 Å². The fourth-order valence-electron chi connectivity index (χ4n) is 0.856. The van der Waals surface area contributed by atoms with Gasteiger partial charge in [0, 0.05) is 12.5 Å². The van der Waals surface area contributed by atoms with E-state index in [0.29, 0.717) is 0 Å². The lowest BCUT2D eigenvalue weighted by Crippen LogP contribution is -2.04. The summed E-state index contributed by atoms with van der Waals surface area (Å²) in [6.45, 7) is 0.119. The van der Waals surface area contributed by atoms with Crippen molar-refractivity contribution >= 4 is 0 Å². The lowest BCUT2D eigenvalue weighted by atomic mass is 10.0. The van der Waals surface area contributed by atoms with Gasteiger partial charge in [0.05, 0.1) is 0 Å². The molecule has 0 radical (unpaired) electrons. The molecule has 0 bridgehead atoms. The molecule has 9 heavy (non-hydrogen) atoms. The van der Waals surface area contributed by atoms with Crippen LogP contribution in [0.5, 0.6) is 0 Å². The van der Waals surface area contributed by atoms with Crippen molar-refractivity contribution in [2.75, 3.05) is 6.61 Å². The monoisotopic (exact) mass is 126 g/mol. The molecule has 0 aromatic carbocycles. The molecule has 0 spiro atoms. The van der Waals surface area contributed by atoms with Gasteiger partial charge in [0.15, 0.2) is 0 Å². The smallest absolute Gasteiger partial charge is 0.111 e. The van der Waals surface area contributed by atoms with Crippen molar-refractivity contribution in [3.63, 3.8) is 0 Å². The van der Waals surface area contributed by atoms with E-state index in [9.17, 15) is 0 Å². The van der Waals surface area contributed by atoms with Crippen molar-refractivity contribution in [3.05, 3.63) is 24.0 Å². The van der Waals surface area contributed by atoms with Crippen LogP contribution in [0.3, 0.4) is 0 Å². The lowest BCUT2D eigenvalue weighted by molar-refractivity contribution is 0.248. The summed E-state index contributed by atoms with van der Waals surface area (Å²) in [6, 6.07) is 0. The van der Waals surface area contributed by atoms with Crippen LogP contribution in [-0.4, -0.2) is 16.8 Å². The van der Waals surface area contributed by atoms with Gasteiger partial charge >= 0.3 is 0 Å². The maximum absolute atomic E-state index is 8.87. The average Bonchev–Trinajstić information content (AvgIpc) is 1.88. The summed E-state index contributed by atoms with van der Waals surface area (Å²) in [7, 11) is 0. The normalized spacial score (nSPS) is 25.9. The second kappa shape index (κ2) is 2.69. The Morgan fingerprint density at radius 1 is 1.67 bits per heavy atom. The first kappa shape index (κ1) is 6.36. The van der Waals surface area contributed by atoms with Crippen molar-refractivity contribution in [1.29, 1.82) is 0 Å². The number of allylic oxidation sites excluding steroid dienone is 2. The van der Waals surface area contributed by atoms with E-state index in [1.807, 2.05) is 6.08 Å². The quantitative estimate of drug-likeness (QED) is 0.550. The standard InChI is InChI=1S/C7H10O2/c8-5-6-2-1-3-7(9)4-6/h1,3-4,6,8-9H,2,5H2. The number of aliphatic hydroxyl groups is 2. The van der Waals surface area contributed by atoms with Gasteiger partial charge in [-0.2, -0.15) is 0 Å². The van der Waals surface area contributed by atoms with E-state index < -0.39 is 0 Å². The third-order valence-electron chi connectivity index (χ3n) is 1.37. The number of rotatable bonds is 1. The van der Waals surface area contributed by atoms with Crippen LogP contribution >= 0.6 is 0 Å². The molecule has 1 aliphatic rings. The first-order chi connectivity index (χ1) is 4.33. The van der Waals surface area contributed by atoms with Crippen molar-refractivity contribution < 1.29 is 10.2 Å². The highest BCUT2D eigenvalue weighted by molar-refractivity contribution is 5.16. The van der Waals surface area contributed by atoms with Gasteiger partial charge < -0.3 is 10.2 Å². The molecule has 0 saturated heterocycles. The Balaban J connectivity index is 2.55. The van der Waals surface area contributed by atoms with E-state index in [1.54, 1.807) is 12.2 Å². The molecule has 0 amide bonds. The van der Waals surface area contributed by atoms with Crippen molar-refractivity contribution in [3.8, 4) is 0 Å². The van der Waals surface area contributed by atoms with Gasteiger partial charge in [0.25, 0.3) is 0 Å². The summed E-state index contributed by atoms with van der Waals surface area (Å²) >= 11 is 0. The lowest BCUT2D eigenvalue weighted by Gasteiger charge is -2.09. The van der Waals surface area contributed by atoms with E-state index in [1.165, 1.54) is 0 Å². The van der Waals surface area contributed by atoms with E-state index >= 15 is 0 Å². The molecular formula is C7H10O2. The van der Waals surface area contributed by atoms with Crippen LogP contribution in [0.1, 0.15) is 6.42 Å². The highest BCUT2D eigenvalue weighted by atomic mass is 16.3. The Morgan fingerprint density at radius 3 is 2.89 bits per heavy atom. The minimum Gasteiger partial charge on any atom is -0.508 e. The van der Waals surface area contributed by atoms with Crippen molar-refractivity contribution in [2.24, 2.45) is 5.92 Å². The molecule has 0 saturated carbocycles. The largest absolute Gasteiger partial charge is 0.508 e. The molecule has 2 heteroatoms. The fraction of sp³-hybridized carbons (Fsp3) is 0.429. The minimum atomic E-state index is 0.119. The van der Waals surface area contributed by atoms with Crippen LogP contribution in [0.25, 0.3) is 0 Å². The molecule has 0 aromatic rings. The zero-order chi connectivity index (χ0) is 6.69. The molecule has 50 valence electrons. The summed E-state index contributed by atoms with van der Waals surface area (Å²) < 4.78 is 0. The summed E-state index contributed by atoms with van der Waals surface area (Å²) in [6.07, 6.45) is 6.00. The fourth-order valence-corrected chi connectivity index (χ4v) is 0.856. The van der Waals surface area contributed by atoms with Gasteiger partial charge in [-0.15, -0.1) is 0 Å². The summed E-state index contributed by atoms with van der Waals surface area (Å²) in [5.74, 6) is 0.385. The SMILES string of the molecule is OCC1C=C(O)C=CC1. The second-order valence-corrected chi connectivity index (χ2v) is 2.17. The predicted octanol–water partition coefficient (Wildman–Crippen LogP) is 0.997. The third kappa shape index (κ3) is 1.57. The Morgan fingerprint density at radius 2 is 2.44 bits per heavy atom. The van der Waals surface area contributed by atoms with Crippen LogP contribution in [-0.2, 0) is 0 Å². The molecule has 1 atom stereocenters. The van der Waals surface area contributed by atoms with Gasteiger partial charge in [-0.1, -0.05) is 6.08 Å². The first-order valence-corrected chi connectivity index (χ1v) is 3.01. The zero-order valence-electron chi connectivity index (χ0n) is 5.12. The van der Waals surface area contributed by atoms with Gasteiger partial charge in [-0.05, 0) is 18.6 Å². The first-order valence-electron chi connectivity index (χ1n) is 3.01. The highest BCUT2D eigenvalue weighted by Crippen LogP contribution is 2.13. The van der Waals surface area contributed by atoms with E-state index in [-0.39, 0.29) is 18.3 Å². The Labute approximate surface area is 54.1 Å². The maximum Gasteiger partial charge on any atom is 0.111 e. The van der Waals surface area contributed by atoms with E-state index in [4.69, 9.17) is 10.2 Å². The predicted molar refractivity (Wildman–Crippen MR) is 35.0 cm³/mol. The molecule has 0 heterocycles. The minimum absolute atomic E-state index is 0.119. The molecule has 2 nitrogen and oxygen atoms in total. The van der Waals surface area contributed by atoms with Gasteiger partial charge in [0.2, 0.25) is 0 Å². The van der Waals surface area contributed by atoms with Crippen LogP contribution < -0.4 is 0 Å². The van der Waals surface area contributed by atoms with Crippen LogP contribution in [0.15, 0.2) is 24.0 Å².